The van der Waals surface area contributed by atoms with Crippen molar-refractivity contribution in [2.24, 2.45) is 10.2 Å². The minimum absolute atomic E-state index is 0.0416. The third-order valence-corrected chi connectivity index (χ3v) is 6.39. The summed E-state index contributed by atoms with van der Waals surface area (Å²) in [4.78, 5) is -1.45. The minimum Gasteiger partial charge on any atom is -0.504 e. The minimum atomic E-state index is -4.92. The Bertz CT molecular complexity index is 1610. The summed E-state index contributed by atoms with van der Waals surface area (Å²) < 4.78 is 64.9. The summed E-state index contributed by atoms with van der Waals surface area (Å²) in [5, 5.41) is 25.7. The van der Waals surface area contributed by atoms with Gasteiger partial charge in [-0.05, 0) is 35.7 Å². The zero-order valence-corrected chi connectivity index (χ0v) is 17.4. The van der Waals surface area contributed by atoms with Crippen LogP contribution in [0.5, 0.6) is 5.75 Å². The first kappa shape index (κ1) is 21.1. The molecule has 0 aliphatic rings. The van der Waals surface area contributed by atoms with Gasteiger partial charge in [-0.2, -0.15) is 21.9 Å². The third kappa shape index (κ3) is 3.84. The van der Waals surface area contributed by atoms with Crippen molar-refractivity contribution in [1.29, 1.82) is 0 Å². The van der Waals surface area contributed by atoms with E-state index < -0.39 is 35.8 Å². The Kier molecular flexibility index (Phi) is 4.94. The van der Waals surface area contributed by atoms with Crippen molar-refractivity contribution in [3.05, 3.63) is 47.5 Å². The van der Waals surface area contributed by atoms with E-state index in [0.29, 0.717) is 15.9 Å². The van der Waals surface area contributed by atoms with Crippen molar-refractivity contribution in [2.75, 3.05) is 0 Å². The van der Waals surface area contributed by atoms with Gasteiger partial charge in [0.15, 0.2) is 5.75 Å². The van der Waals surface area contributed by atoms with Crippen molar-refractivity contribution in [3.63, 3.8) is 0 Å². The number of H-pyrrole nitrogens is 1. The first-order valence-corrected chi connectivity index (χ1v) is 11.5. The fraction of sp³-hybridized carbons (Fsp3) is 0. The number of nitrogens with zero attached hydrogens (tertiary/aromatic N) is 3. The molecule has 0 saturated heterocycles. The van der Waals surface area contributed by atoms with Gasteiger partial charge in [0.1, 0.15) is 10.6 Å². The van der Waals surface area contributed by atoms with E-state index in [9.17, 15) is 31.0 Å². The molecule has 3 aromatic carbocycles. The van der Waals surface area contributed by atoms with E-state index in [2.05, 4.69) is 20.4 Å². The number of benzene rings is 3. The molecule has 4 rings (SSSR count). The standard InChI is InChI=1S/C17H11ClN4O7S2/c18-11-2-1-3-12-14(11)17(21-19-12)22-20-15-10-5-4-9(30(24,25)26)6-8(10)7-13(16(15)23)31(27,28)29/h1-7,23H,(H,19,21)(H,24,25,26)(H,27,28,29). The molecule has 4 aromatic rings. The van der Waals surface area contributed by atoms with Gasteiger partial charge in [-0.25, -0.2) is 0 Å². The monoisotopic (exact) mass is 482 g/mol. The summed E-state index contributed by atoms with van der Waals surface area (Å²) in [6.07, 6.45) is 0. The number of hydrogen-bond acceptors (Lipinski definition) is 8. The number of aromatic hydroxyl groups is 1. The highest BCUT2D eigenvalue weighted by Crippen LogP contribution is 2.42. The molecule has 0 unspecified atom stereocenters. The lowest BCUT2D eigenvalue weighted by atomic mass is 10.1. The number of rotatable bonds is 4. The number of aromatic amines is 1. The van der Waals surface area contributed by atoms with Gasteiger partial charge in [-0.15, -0.1) is 10.2 Å². The molecule has 14 heteroatoms. The second-order valence-corrected chi connectivity index (χ2v) is 9.53. The number of phenols is 1. The molecule has 0 bridgehead atoms. The van der Waals surface area contributed by atoms with Gasteiger partial charge in [0.25, 0.3) is 20.2 Å². The molecular formula is C17H11ClN4O7S2. The van der Waals surface area contributed by atoms with E-state index in [-0.39, 0.29) is 22.3 Å². The molecule has 0 radical (unpaired) electrons. The van der Waals surface area contributed by atoms with Crippen molar-refractivity contribution < 1.29 is 31.0 Å². The number of aromatic nitrogens is 2. The number of nitrogens with one attached hydrogen (secondary N) is 1. The Hall–Kier alpha value is -3.10. The van der Waals surface area contributed by atoms with Crippen LogP contribution < -0.4 is 0 Å². The molecule has 160 valence electrons. The van der Waals surface area contributed by atoms with Crippen LogP contribution in [0.4, 0.5) is 11.5 Å². The van der Waals surface area contributed by atoms with Crippen molar-refractivity contribution in [3.8, 4) is 5.75 Å². The van der Waals surface area contributed by atoms with Crippen LogP contribution in [-0.2, 0) is 20.2 Å². The van der Waals surface area contributed by atoms with Gasteiger partial charge in [0.2, 0.25) is 5.82 Å². The molecule has 0 amide bonds. The van der Waals surface area contributed by atoms with Gasteiger partial charge in [-0.3, -0.25) is 14.2 Å². The highest BCUT2D eigenvalue weighted by molar-refractivity contribution is 7.86. The van der Waals surface area contributed by atoms with Gasteiger partial charge < -0.3 is 5.11 Å². The molecule has 0 aliphatic heterocycles. The van der Waals surface area contributed by atoms with E-state index in [1.54, 1.807) is 18.2 Å². The molecule has 0 spiro atoms. The molecular weight excluding hydrogens is 472 g/mol. The van der Waals surface area contributed by atoms with Crippen LogP contribution in [-0.4, -0.2) is 41.2 Å². The van der Waals surface area contributed by atoms with E-state index in [1.165, 1.54) is 6.07 Å². The Morgan fingerprint density at radius 2 is 1.71 bits per heavy atom. The average molecular weight is 483 g/mol. The molecule has 1 heterocycles. The number of phenolic OH excluding ortho intramolecular Hbond substituents is 1. The SMILES string of the molecule is O=S(=O)(O)c1ccc2c(N=Nc3n[nH]c4cccc(Cl)c34)c(O)c(S(=O)(=O)O)cc2c1. The van der Waals surface area contributed by atoms with E-state index >= 15 is 0 Å². The van der Waals surface area contributed by atoms with Gasteiger partial charge in [-0.1, -0.05) is 23.7 Å². The van der Waals surface area contributed by atoms with Crippen LogP contribution >= 0.6 is 11.6 Å². The summed E-state index contributed by atoms with van der Waals surface area (Å²) in [5.74, 6) is -0.871. The lowest BCUT2D eigenvalue weighted by molar-refractivity contribution is 0.445. The fourth-order valence-corrected chi connectivity index (χ4v) is 4.36. The molecule has 1 aromatic heterocycles. The third-order valence-electron chi connectivity index (χ3n) is 4.36. The number of halogens is 1. The van der Waals surface area contributed by atoms with Crippen molar-refractivity contribution >= 4 is 65.0 Å². The topological polar surface area (TPSA) is 182 Å². The van der Waals surface area contributed by atoms with Crippen LogP contribution in [0, 0.1) is 0 Å². The maximum absolute atomic E-state index is 11.7. The second-order valence-electron chi connectivity index (χ2n) is 6.31. The Labute approximate surface area is 179 Å². The largest absolute Gasteiger partial charge is 0.504 e. The lowest BCUT2D eigenvalue weighted by Crippen LogP contribution is -2.00. The first-order valence-electron chi connectivity index (χ1n) is 8.26. The van der Waals surface area contributed by atoms with Crippen LogP contribution in [0.15, 0.2) is 62.5 Å². The molecule has 0 atom stereocenters. The predicted molar refractivity (Wildman–Crippen MR) is 111 cm³/mol. The summed E-state index contributed by atoms with van der Waals surface area (Å²) in [6, 6.07) is 9.00. The average Bonchev–Trinajstić information content (AvgIpc) is 3.09. The highest BCUT2D eigenvalue weighted by atomic mass is 35.5. The summed E-state index contributed by atoms with van der Waals surface area (Å²) in [7, 11) is -9.52. The predicted octanol–water partition coefficient (Wildman–Crippen LogP) is 3.98. The van der Waals surface area contributed by atoms with Crippen LogP contribution in [0.2, 0.25) is 5.02 Å². The smallest absolute Gasteiger partial charge is 0.298 e. The number of azo groups is 1. The maximum atomic E-state index is 11.7. The summed E-state index contributed by atoms with van der Waals surface area (Å²) >= 11 is 6.15. The molecule has 4 N–H and O–H groups in total. The normalized spacial score (nSPS) is 12.9. The summed E-state index contributed by atoms with van der Waals surface area (Å²) in [5.41, 5.74) is 0.176. The summed E-state index contributed by atoms with van der Waals surface area (Å²) in [6.45, 7) is 0. The fourth-order valence-electron chi connectivity index (χ4n) is 2.97. The number of fused-ring (bicyclic) bond motifs is 2. The van der Waals surface area contributed by atoms with E-state index in [1.807, 2.05) is 0 Å². The quantitative estimate of drug-likeness (QED) is 0.248. The number of hydrogen-bond donors (Lipinski definition) is 4. The lowest BCUT2D eigenvalue weighted by Gasteiger charge is -2.09. The van der Waals surface area contributed by atoms with Crippen LogP contribution in [0.1, 0.15) is 0 Å². The Morgan fingerprint density at radius 1 is 0.968 bits per heavy atom. The van der Waals surface area contributed by atoms with Crippen molar-refractivity contribution in [2.45, 2.75) is 9.79 Å². The first-order chi connectivity index (χ1) is 14.5. The molecule has 31 heavy (non-hydrogen) atoms. The van der Waals surface area contributed by atoms with Crippen LogP contribution in [0.3, 0.4) is 0 Å². The second kappa shape index (κ2) is 7.25. The zero-order chi connectivity index (χ0) is 22.6. The highest BCUT2D eigenvalue weighted by Gasteiger charge is 2.23. The maximum Gasteiger partial charge on any atom is 0.298 e. The Morgan fingerprint density at radius 3 is 2.39 bits per heavy atom. The van der Waals surface area contributed by atoms with Gasteiger partial charge in [0.05, 0.1) is 20.8 Å². The van der Waals surface area contributed by atoms with Crippen molar-refractivity contribution in [1.82, 2.24) is 10.2 Å². The van der Waals surface area contributed by atoms with E-state index in [0.717, 1.165) is 18.2 Å². The molecule has 0 aliphatic carbocycles. The van der Waals surface area contributed by atoms with Crippen LogP contribution in [0.25, 0.3) is 21.7 Å². The van der Waals surface area contributed by atoms with Gasteiger partial charge >= 0.3 is 0 Å². The van der Waals surface area contributed by atoms with Gasteiger partial charge in [0, 0.05) is 5.39 Å². The molecule has 0 fully saturated rings. The molecule has 0 saturated carbocycles. The van der Waals surface area contributed by atoms with E-state index in [4.69, 9.17) is 11.6 Å². The Balaban J connectivity index is 1.99. The zero-order valence-electron chi connectivity index (χ0n) is 15.1. The molecule has 11 nitrogen and oxygen atoms in total.